The van der Waals surface area contributed by atoms with Crippen LogP contribution in [-0.2, 0) is 6.42 Å². The lowest BCUT2D eigenvalue weighted by molar-refractivity contribution is 0.104. The van der Waals surface area contributed by atoms with Crippen molar-refractivity contribution in [2.24, 2.45) is 0 Å². The van der Waals surface area contributed by atoms with Crippen molar-refractivity contribution in [2.75, 3.05) is 14.2 Å². The first-order valence-corrected chi connectivity index (χ1v) is 8.69. The maximum absolute atomic E-state index is 12.8. The number of hydrogen-bond acceptors (Lipinski definition) is 4. The lowest BCUT2D eigenvalue weighted by Gasteiger charge is -2.36. The molecular weight excluding hydrogens is 326 g/mol. The van der Waals surface area contributed by atoms with Gasteiger partial charge in [0.1, 0.15) is 11.5 Å². The fourth-order valence-corrected chi connectivity index (χ4v) is 3.38. The minimum absolute atomic E-state index is 0.0423. The number of rotatable bonds is 4. The summed E-state index contributed by atoms with van der Waals surface area (Å²) in [6.07, 6.45) is 2.58. The molecule has 4 heteroatoms. The van der Waals surface area contributed by atoms with Crippen molar-refractivity contribution in [1.29, 1.82) is 0 Å². The number of carbonyl (C=O) groups is 1. The molecule has 0 atom stereocenters. The van der Waals surface area contributed by atoms with E-state index in [1.165, 1.54) is 11.1 Å². The van der Waals surface area contributed by atoms with E-state index in [1.54, 1.807) is 44.6 Å². The summed E-state index contributed by atoms with van der Waals surface area (Å²) in [5.74, 6) is 1.49. The molecule has 1 heterocycles. The molecule has 0 spiro atoms. The molecule has 2 aromatic rings. The van der Waals surface area contributed by atoms with Crippen LogP contribution in [0.2, 0.25) is 0 Å². The van der Waals surface area contributed by atoms with E-state index in [2.05, 4.69) is 26.1 Å². The Hall–Kier alpha value is -2.75. The van der Waals surface area contributed by atoms with Gasteiger partial charge < -0.3 is 14.8 Å². The molecule has 0 aliphatic carbocycles. The second-order valence-electron chi connectivity index (χ2n) is 7.31. The molecule has 0 radical (unpaired) electrons. The predicted octanol–water partition coefficient (Wildman–Crippen LogP) is 4.16. The molecule has 0 unspecified atom stereocenters. The number of ketones is 1. The predicted molar refractivity (Wildman–Crippen MR) is 104 cm³/mol. The van der Waals surface area contributed by atoms with Gasteiger partial charge in [0.25, 0.3) is 0 Å². The summed E-state index contributed by atoms with van der Waals surface area (Å²) < 4.78 is 10.6. The van der Waals surface area contributed by atoms with Crippen molar-refractivity contribution in [1.82, 2.24) is 5.32 Å². The fraction of sp³-hybridized carbons (Fsp3) is 0.318. The highest BCUT2D eigenvalue weighted by Gasteiger charge is 2.29. The molecule has 26 heavy (non-hydrogen) atoms. The molecule has 0 amide bonds. The molecule has 3 rings (SSSR count). The molecule has 0 fully saturated rings. The highest BCUT2D eigenvalue weighted by molar-refractivity contribution is 6.08. The molecule has 4 nitrogen and oxygen atoms in total. The average molecular weight is 351 g/mol. The van der Waals surface area contributed by atoms with E-state index in [0.29, 0.717) is 5.56 Å². The van der Waals surface area contributed by atoms with Gasteiger partial charge in [0.2, 0.25) is 0 Å². The van der Waals surface area contributed by atoms with Crippen molar-refractivity contribution < 1.29 is 14.3 Å². The number of allylic oxidation sites excluding steroid dienone is 1. The third kappa shape index (κ3) is 3.59. The Balaban J connectivity index is 2.04. The highest BCUT2D eigenvalue weighted by Crippen LogP contribution is 2.34. The molecule has 1 aliphatic heterocycles. The van der Waals surface area contributed by atoms with Crippen LogP contribution in [0.25, 0.3) is 5.70 Å². The molecule has 0 bridgehead atoms. The third-order valence-electron chi connectivity index (χ3n) is 4.71. The Labute approximate surface area is 154 Å². The van der Waals surface area contributed by atoms with E-state index < -0.39 is 0 Å². The summed E-state index contributed by atoms with van der Waals surface area (Å²) >= 11 is 0. The van der Waals surface area contributed by atoms with Gasteiger partial charge in [-0.05, 0) is 74.7 Å². The molecule has 136 valence electrons. The molecule has 0 saturated carbocycles. The maximum Gasteiger partial charge on any atom is 0.187 e. The van der Waals surface area contributed by atoms with Gasteiger partial charge in [0.15, 0.2) is 5.78 Å². The maximum atomic E-state index is 12.8. The summed E-state index contributed by atoms with van der Waals surface area (Å²) in [6, 6.07) is 11.2. The van der Waals surface area contributed by atoms with Gasteiger partial charge in [-0.3, -0.25) is 4.79 Å². The normalized spacial score (nSPS) is 16.6. The number of hydrogen-bond donors (Lipinski definition) is 1. The smallest absolute Gasteiger partial charge is 0.187 e. The van der Waals surface area contributed by atoms with Crippen molar-refractivity contribution >= 4 is 11.5 Å². The Kier molecular flexibility index (Phi) is 4.77. The minimum atomic E-state index is -0.127. The van der Waals surface area contributed by atoms with Crippen molar-refractivity contribution in [3.8, 4) is 11.5 Å². The second-order valence-corrected chi connectivity index (χ2v) is 7.31. The minimum Gasteiger partial charge on any atom is -0.497 e. The van der Waals surface area contributed by atoms with Crippen LogP contribution < -0.4 is 14.8 Å². The number of benzene rings is 2. The van der Waals surface area contributed by atoms with Crippen LogP contribution in [0.4, 0.5) is 0 Å². The summed E-state index contributed by atoms with van der Waals surface area (Å²) in [5, 5.41) is 3.51. The number of methoxy groups -OCH3 is 2. The number of carbonyl (C=O) groups excluding carboxylic acids is 1. The monoisotopic (exact) mass is 351 g/mol. The van der Waals surface area contributed by atoms with E-state index in [9.17, 15) is 4.79 Å². The van der Waals surface area contributed by atoms with Gasteiger partial charge in [0, 0.05) is 28.4 Å². The van der Waals surface area contributed by atoms with E-state index >= 15 is 0 Å². The number of ether oxygens (including phenoxy) is 2. The number of fused-ring (bicyclic) bond motifs is 1. The summed E-state index contributed by atoms with van der Waals surface area (Å²) in [5.41, 5.74) is 4.80. The zero-order chi connectivity index (χ0) is 18.9. The van der Waals surface area contributed by atoms with Crippen LogP contribution in [0.1, 0.15) is 40.9 Å². The van der Waals surface area contributed by atoms with Crippen LogP contribution >= 0.6 is 0 Å². The van der Waals surface area contributed by atoms with Crippen molar-refractivity contribution in [2.45, 2.75) is 32.7 Å². The van der Waals surface area contributed by atoms with E-state index in [-0.39, 0.29) is 11.3 Å². The first-order valence-electron chi connectivity index (χ1n) is 8.69. The standard InChI is InChI=1S/C22H25NO3/c1-14-10-17(26-5)11-18-19(14)13-22(2,3)23-20(18)12-21(24)15-6-8-16(25-4)9-7-15/h6-12,23H,13H2,1-5H3. The summed E-state index contributed by atoms with van der Waals surface area (Å²) in [4.78, 5) is 12.8. The fourth-order valence-electron chi connectivity index (χ4n) is 3.38. The quantitative estimate of drug-likeness (QED) is 0.664. The molecule has 1 N–H and O–H groups in total. The van der Waals surface area contributed by atoms with Gasteiger partial charge in [-0.25, -0.2) is 0 Å². The summed E-state index contributed by atoms with van der Waals surface area (Å²) in [6.45, 7) is 6.38. The molecule has 1 aliphatic rings. The molecule has 2 aromatic carbocycles. The van der Waals surface area contributed by atoms with Gasteiger partial charge >= 0.3 is 0 Å². The molecule has 0 aromatic heterocycles. The van der Waals surface area contributed by atoms with Crippen LogP contribution in [0.3, 0.4) is 0 Å². The Morgan fingerprint density at radius 2 is 1.73 bits per heavy atom. The SMILES string of the molecule is COc1ccc(C(=O)C=C2NC(C)(C)Cc3c(C)cc(OC)cc32)cc1. The highest BCUT2D eigenvalue weighted by atomic mass is 16.5. The van der Waals surface area contributed by atoms with Gasteiger partial charge in [0.05, 0.1) is 14.2 Å². The number of nitrogens with one attached hydrogen (secondary N) is 1. The average Bonchev–Trinajstić information content (AvgIpc) is 2.61. The Morgan fingerprint density at radius 3 is 2.35 bits per heavy atom. The zero-order valence-corrected chi connectivity index (χ0v) is 16.0. The molecule has 0 saturated heterocycles. The first-order chi connectivity index (χ1) is 12.3. The second kappa shape index (κ2) is 6.87. The lowest BCUT2D eigenvalue weighted by Crippen LogP contribution is -2.44. The van der Waals surface area contributed by atoms with Crippen LogP contribution in [0, 0.1) is 6.92 Å². The van der Waals surface area contributed by atoms with Crippen LogP contribution in [0.15, 0.2) is 42.5 Å². The van der Waals surface area contributed by atoms with Gasteiger partial charge in [-0.15, -0.1) is 0 Å². The van der Waals surface area contributed by atoms with E-state index in [1.807, 2.05) is 12.1 Å². The lowest BCUT2D eigenvalue weighted by atomic mass is 9.83. The zero-order valence-electron chi connectivity index (χ0n) is 16.0. The third-order valence-corrected chi connectivity index (χ3v) is 4.71. The van der Waals surface area contributed by atoms with Crippen molar-refractivity contribution in [3.05, 3.63) is 64.7 Å². The van der Waals surface area contributed by atoms with Gasteiger partial charge in [-0.1, -0.05) is 0 Å². The Bertz CT molecular complexity index is 864. The van der Waals surface area contributed by atoms with E-state index in [4.69, 9.17) is 9.47 Å². The van der Waals surface area contributed by atoms with Gasteiger partial charge in [-0.2, -0.15) is 0 Å². The number of aryl methyl sites for hydroxylation is 1. The first kappa shape index (κ1) is 18.1. The van der Waals surface area contributed by atoms with Crippen LogP contribution in [0.5, 0.6) is 11.5 Å². The van der Waals surface area contributed by atoms with E-state index in [0.717, 1.165) is 29.2 Å². The molecular formula is C22H25NO3. The summed E-state index contributed by atoms with van der Waals surface area (Å²) in [7, 11) is 3.27. The van der Waals surface area contributed by atoms with Crippen LogP contribution in [-0.4, -0.2) is 25.5 Å². The topological polar surface area (TPSA) is 47.6 Å². The largest absolute Gasteiger partial charge is 0.497 e. The Morgan fingerprint density at radius 1 is 1.08 bits per heavy atom. The van der Waals surface area contributed by atoms with Crippen molar-refractivity contribution in [3.63, 3.8) is 0 Å².